The van der Waals surface area contributed by atoms with Gasteiger partial charge in [0.15, 0.2) is 0 Å². The number of carboxylic acids is 1. The molecule has 1 aromatic rings. The van der Waals surface area contributed by atoms with Crippen molar-refractivity contribution in [2.24, 2.45) is 23.7 Å². The number of anilines is 1. The first kappa shape index (κ1) is 23.6. The van der Waals surface area contributed by atoms with Gasteiger partial charge in [0.05, 0.1) is 11.2 Å². The molecule has 7 rings (SSSR count). The van der Waals surface area contributed by atoms with E-state index < -0.39 is 11.6 Å². The van der Waals surface area contributed by atoms with Crippen LogP contribution in [0.2, 0.25) is 0 Å². The molecule has 0 unspecified atom stereocenters. The zero-order valence-corrected chi connectivity index (χ0v) is 21.1. The number of thioether (sulfide) groups is 1. The van der Waals surface area contributed by atoms with Gasteiger partial charge in [-0.05, 0) is 87.2 Å². The van der Waals surface area contributed by atoms with Gasteiger partial charge >= 0.3 is 5.97 Å². The summed E-state index contributed by atoms with van der Waals surface area (Å²) in [7, 11) is 0. The lowest BCUT2D eigenvalue weighted by Gasteiger charge is -2.58. The molecule has 1 saturated heterocycles. The van der Waals surface area contributed by atoms with Gasteiger partial charge in [-0.3, -0.25) is 9.59 Å². The highest BCUT2D eigenvalue weighted by Gasteiger charge is 2.55. The zero-order chi connectivity index (χ0) is 24.2. The Morgan fingerprint density at radius 1 is 1.11 bits per heavy atom. The van der Waals surface area contributed by atoms with Crippen LogP contribution in [-0.2, 0) is 4.79 Å². The normalized spacial score (nSPS) is 36.1. The monoisotopic (exact) mass is 499 g/mol. The predicted molar refractivity (Wildman–Crippen MR) is 135 cm³/mol. The second kappa shape index (κ2) is 9.25. The highest BCUT2D eigenvalue weighted by Crippen LogP contribution is 2.55. The first-order valence-electron chi connectivity index (χ1n) is 13.5. The van der Waals surface area contributed by atoms with Gasteiger partial charge in [-0.1, -0.05) is 12.8 Å². The molecule has 1 aromatic heterocycles. The molecule has 8 heteroatoms. The second-order valence-electron chi connectivity index (χ2n) is 11.9. The van der Waals surface area contributed by atoms with Crippen molar-refractivity contribution in [1.29, 1.82) is 0 Å². The maximum Gasteiger partial charge on any atom is 0.303 e. The van der Waals surface area contributed by atoms with Crippen LogP contribution in [0.15, 0.2) is 17.2 Å². The van der Waals surface area contributed by atoms with Crippen LogP contribution in [0.4, 0.5) is 5.82 Å². The number of carbonyl (C=O) groups excluding carboxylic acids is 1. The van der Waals surface area contributed by atoms with E-state index >= 15 is 0 Å². The van der Waals surface area contributed by atoms with E-state index in [1.54, 1.807) is 11.8 Å². The fourth-order valence-corrected chi connectivity index (χ4v) is 9.25. The molecular weight excluding hydrogens is 462 g/mol. The molecule has 2 heterocycles. The van der Waals surface area contributed by atoms with Crippen molar-refractivity contribution in [2.75, 3.05) is 18.0 Å². The number of aromatic nitrogens is 1. The lowest BCUT2D eigenvalue weighted by molar-refractivity contribution is -0.138. The molecule has 6 aliphatic rings. The number of pyridine rings is 1. The highest BCUT2D eigenvalue weighted by molar-refractivity contribution is 7.99. The number of aliphatic carboxylic acids is 1. The lowest BCUT2D eigenvalue weighted by Crippen LogP contribution is -2.61. The zero-order valence-electron chi connectivity index (χ0n) is 20.3. The standard InChI is InChI=1S/C27H37N3O4S/c31-23(32)11-16-7-8-30(15-16)22-6-5-21(26(28-22)35-20-3-1-2-4-20)25(33)29-24-18-9-17-10-19(24)14-27(34,12-17)13-18/h5-6,16-20,24,34H,1-4,7-15H2,(H,29,33)(H,31,32)/t16-,17?,18-,19-,24?,27?/m1/s1. The molecule has 7 nitrogen and oxygen atoms in total. The molecule has 5 aliphatic carbocycles. The van der Waals surface area contributed by atoms with E-state index in [9.17, 15) is 14.7 Å². The number of rotatable bonds is 7. The van der Waals surface area contributed by atoms with Crippen molar-refractivity contribution in [1.82, 2.24) is 10.3 Å². The number of hydrogen-bond donors (Lipinski definition) is 3. The third-order valence-electron chi connectivity index (χ3n) is 9.28. The molecule has 35 heavy (non-hydrogen) atoms. The molecule has 1 amide bonds. The Morgan fingerprint density at radius 3 is 2.54 bits per heavy atom. The second-order valence-corrected chi connectivity index (χ2v) is 13.2. The van der Waals surface area contributed by atoms with Gasteiger partial charge in [-0.2, -0.15) is 0 Å². The minimum absolute atomic E-state index is 0.0285. The average Bonchev–Trinajstić information content (AvgIpc) is 3.47. The predicted octanol–water partition coefficient (Wildman–Crippen LogP) is 4.09. The number of nitrogens with zero attached hydrogens (tertiary/aromatic N) is 2. The molecule has 5 saturated carbocycles. The quantitative estimate of drug-likeness (QED) is 0.519. The van der Waals surface area contributed by atoms with Crippen molar-refractivity contribution in [3.8, 4) is 0 Å². The Bertz CT molecular complexity index is 981. The molecule has 3 atom stereocenters. The smallest absolute Gasteiger partial charge is 0.303 e. The summed E-state index contributed by atoms with van der Waals surface area (Å²) in [6.45, 7) is 1.51. The van der Waals surface area contributed by atoms with Crippen LogP contribution < -0.4 is 10.2 Å². The van der Waals surface area contributed by atoms with Crippen molar-refractivity contribution in [3.63, 3.8) is 0 Å². The average molecular weight is 500 g/mol. The minimum atomic E-state index is -0.744. The SMILES string of the molecule is O=C(O)C[C@H]1CCN(c2ccc(C(=O)NC3[C@@H]4CC5C[C@@H]3CC(O)(C5)C4)c(SC3CCCC3)n2)C1. The molecule has 0 radical (unpaired) electrons. The van der Waals surface area contributed by atoms with E-state index in [1.807, 2.05) is 12.1 Å². The first-order chi connectivity index (χ1) is 16.8. The van der Waals surface area contributed by atoms with Crippen LogP contribution in [0, 0.1) is 23.7 Å². The van der Waals surface area contributed by atoms with Gasteiger partial charge in [-0.15, -0.1) is 11.8 Å². The minimum Gasteiger partial charge on any atom is -0.481 e. The van der Waals surface area contributed by atoms with Crippen molar-refractivity contribution in [2.45, 2.75) is 92.5 Å². The topological polar surface area (TPSA) is 103 Å². The van der Waals surface area contributed by atoms with Gasteiger partial charge in [0.2, 0.25) is 0 Å². The lowest BCUT2D eigenvalue weighted by atomic mass is 9.52. The van der Waals surface area contributed by atoms with Gasteiger partial charge in [0, 0.05) is 30.8 Å². The number of amides is 1. The van der Waals surface area contributed by atoms with E-state index in [-0.39, 0.29) is 24.3 Å². The highest BCUT2D eigenvalue weighted by atomic mass is 32.2. The summed E-state index contributed by atoms with van der Waals surface area (Å²) >= 11 is 1.75. The number of nitrogens with one attached hydrogen (secondary N) is 1. The van der Waals surface area contributed by atoms with Crippen LogP contribution in [-0.4, -0.2) is 57.1 Å². The third kappa shape index (κ3) is 4.80. The van der Waals surface area contributed by atoms with E-state index in [0.29, 0.717) is 35.1 Å². The summed E-state index contributed by atoms with van der Waals surface area (Å²) in [5, 5.41) is 24.8. The molecule has 1 aliphatic heterocycles. The number of hydrogen-bond acceptors (Lipinski definition) is 6. The van der Waals surface area contributed by atoms with Crippen LogP contribution in [0.1, 0.15) is 81.0 Å². The summed E-state index contributed by atoms with van der Waals surface area (Å²) in [6.07, 6.45) is 10.7. The largest absolute Gasteiger partial charge is 0.481 e. The Hall–Kier alpha value is -1.80. The molecule has 0 aromatic carbocycles. The van der Waals surface area contributed by atoms with E-state index in [2.05, 4.69) is 10.2 Å². The van der Waals surface area contributed by atoms with Crippen LogP contribution in [0.5, 0.6) is 0 Å². The van der Waals surface area contributed by atoms with Crippen molar-refractivity contribution in [3.05, 3.63) is 17.7 Å². The molecule has 190 valence electrons. The maximum absolute atomic E-state index is 13.6. The molecule has 4 bridgehead atoms. The van der Waals surface area contributed by atoms with Crippen molar-refractivity contribution >= 4 is 29.5 Å². The number of carbonyl (C=O) groups is 2. The molecular formula is C27H37N3O4S. The summed E-state index contributed by atoms with van der Waals surface area (Å²) in [6, 6.07) is 4.03. The number of carboxylic acid groups (broad SMARTS) is 1. The van der Waals surface area contributed by atoms with E-state index in [1.165, 1.54) is 12.8 Å². The van der Waals surface area contributed by atoms with Crippen LogP contribution in [0.25, 0.3) is 0 Å². The maximum atomic E-state index is 13.6. The molecule has 3 N–H and O–H groups in total. The number of aliphatic hydroxyl groups is 1. The van der Waals surface area contributed by atoms with Gasteiger partial charge < -0.3 is 20.4 Å². The summed E-state index contributed by atoms with van der Waals surface area (Å²) in [5.41, 5.74) is 0.165. The Morgan fingerprint density at radius 2 is 1.86 bits per heavy atom. The Labute approximate surface area is 211 Å². The van der Waals surface area contributed by atoms with Crippen LogP contribution in [0.3, 0.4) is 0 Å². The molecule has 6 fully saturated rings. The van der Waals surface area contributed by atoms with Gasteiger partial charge in [0.1, 0.15) is 10.8 Å². The first-order valence-corrected chi connectivity index (χ1v) is 14.4. The van der Waals surface area contributed by atoms with Crippen LogP contribution >= 0.6 is 11.8 Å². The third-order valence-corrected chi connectivity index (χ3v) is 10.6. The molecule has 0 spiro atoms. The summed E-state index contributed by atoms with van der Waals surface area (Å²) < 4.78 is 0. The summed E-state index contributed by atoms with van der Waals surface area (Å²) in [4.78, 5) is 31.9. The van der Waals surface area contributed by atoms with Gasteiger partial charge in [-0.25, -0.2) is 4.98 Å². The van der Waals surface area contributed by atoms with E-state index in [0.717, 1.165) is 68.8 Å². The fraction of sp³-hybridized carbons (Fsp3) is 0.741. The van der Waals surface area contributed by atoms with E-state index in [4.69, 9.17) is 10.1 Å². The Balaban J connectivity index is 1.21. The Kier molecular flexibility index (Phi) is 6.24. The fourth-order valence-electron chi connectivity index (χ4n) is 7.93. The van der Waals surface area contributed by atoms with Gasteiger partial charge in [0.25, 0.3) is 5.91 Å². The summed E-state index contributed by atoms with van der Waals surface area (Å²) in [5.74, 6) is 1.60. The van der Waals surface area contributed by atoms with Crippen molar-refractivity contribution < 1.29 is 19.8 Å².